The number of H-pyrrole nitrogens is 1. The van der Waals surface area contributed by atoms with Crippen molar-refractivity contribution in [1.82, 2.24) is 9.78 Å². The number of aliphatic carboxylic acids is 1. The second-order valence-corrected chi connectivity index (χ2v) is 2.93. The molecule has 1 aromatic rings. The molecule has 0 amide bonds. The minimum absolute atomic E-state index is 0.0923. The molecule has 0 aliphatic rings. The van der Waals surface area contributed by atoms with Crippen LogP contribution in [0.25, 0.3) is 0 Å². The highest BCUT2D eigenvalue weighted by Gasteiger charge is 2.01. The Morgan fingerprint density at radius 1 is 1.69 bits per heavy atom. The summed E-state index contributed by atoms with van der Waals surface area (Å²) in [5.41, 5.74) is 0.694. The third kappa shape index (κ3) is 2.77. The number of aryl methyl sites for hydroxylation is 2. The van der Waals surface area contributed by atoms with Gasteiger partial charge in [0.2, 0.25) is 0 Å². The summed E-state index contributed by atoms with van der Waals surface area (Å²) in [4.78, 5) is 21.1. The number of carboxylic acid groups (broad SMARTS) is 1. The Hall–Kier alpha value is -1.52. The van der Waals surface area contributed by atoms with Gasteiger partial charge in [-0.3, -0.25) is 19.4 Å². The Morgan fingerprint density at radius 3 is 2.85 bits per heavy atom. The first kappa shape index (κ1) is 9.57. The van der Waals surface area contributed by atoms with E-state index < -0.39 is 5.97 Å². The number of hydrogen-bond donors (Lipinski definition) is 2. The molecule has 0 saturated carbocycles. The van der Waals surface area contributed by atoms with E-state index in [0.717, 1.165) is 5.69 Å². The summed E-state index contributed by atoms with van der Waals surface area (Å²) in [5, 5.41) is 11.2. The molecule has 0 spiro atoms. The predicted octanol–water partition coefficient (Wildman–Crippen LogP) is 0.121. The van der Waals surface area contributed by atoms with Gasteiger partial charge in [-0.25, -0.2) is 0 Å². The zero-order valence-electron chi connectivity index (χ0n) is 7.41. The lowest BCUT2D eigenvalue weighted by Gasteiger charge is -1.94. The third-order valence-electron chi connectivity index (χ3n) is 1.78. The molecule has 0 aromatic carbocycles. The molecule has 0 unspecified atom stereocenters. The van der Waals surface area contributed by atoms with Crippen LogP contribution in [0.4, 0.5) is 0 Å². The average molecular weight is 184 g/mol. The first-order valence-electron chi connectivity index (χ1n) is 4.06. The van der Waals surface area contributed by atoms with Gasteiger partial charge >= 0.3 is 5.97 Å². The van der Waals surface area contributed by atoms with E-state index in [0.29, 0.717) is 12.8 Å². The third-order valence-corrected chi connectivity index (χ3v) is 1.78. The zero-order valence-corrected chi connectivity index (χ0v) is 7.41. The average Bonchev–Trinajstić information content (AvgIpc) is 2.30. The SMILES string of the molecule is Cn1[nH]c(CCCC(=O)O)cc1=O. The number of carboxylic acids is 1. The number of nitrogens with one attached hydrogen (secondary N) is 1. The van der Waals surface area contributed by atoms with Gasteiger partial charge in [0.05, 0.1) is 0 Å². The summed E-state index contributed by atoms with van der Waals surface area (Å²) in [6.45, 7) is 0. The summed E-state index contributed by atoms with van der Waals surface area (Å²) < 4.78 is 1.37. The number of hydrogen-bond acceptors (Lipinski definition) is 2. The van der Waals surface area contributed by atoms with Crippen LogP contribution in [0.3, 0.4) is 0 Å². The molecule has 0 saturated heterocycles. The molecule has 0 radical (unpaired) electrons. The highest BCUT2D eigenvalue weighted by Crippen LogP contribution is 1.98. The monoisotopic (exact) mass is 184 g/mol. The number of aromatic amines is 1. The fourth-order valence-corrected chi connectivity index (χ4v) is 1.11. The second kappa shape index (κ2) is 3.93. The van der Waals surface area contributed by atoms with Crippen molar-refractivity contribution in [2.45, 2.75) is 19.3 Å². The van der Waals surface area contributed by atoms with Crippen LogP contribution in [0.5, 0.6) is 0 Å². The Labute approximate surface area is 75.0 Å². The van der Waals surface area contributed by atoms with Gasteiger partial charge < -0.3 is 5.11 Å². The van der Waals surface area contributed by atoms with Crippen molar-refractivity contribution in [2.24, 2.45) is 7.05 Å². The quantitative estimate of drug-likeness (QED) is 0.697. The minimum Gasteiger partial charge on any atom is -0.481 e. The molecule has 2 N–H and O–H groups in total. The number of carbonyl (C=O) groups is 1. The molecule has 5 nitrogen and oxygen atoms in total. The summed E-state index contributed by atoms with van der Waals surface area (Å²) in [6.07, 6.45) is 1.29. The van der Waals surface area contributed by atoms with Crippen LogP contribution in [0.1, 0.15) is 18.5 Å². The van der Waals surface area contributed by atoms with Gasteiger partial charge in [0.1, 0.15) is 0 Å². The van der Waals surface area contributed by atoms with Crippen molar-refractivity contribution < 1.29 is 9.90 Å². The van der Waals surface area contributed by atoms with Crippen molar-refractivity contribution in [3.8, 4) is 0 Å². The minimum atomic E-state index is -0.807. The van der Waals surface area contributed by atoms with E-state index in [1.54, 1.807) is 7.05 Å². The molecular weight excluding hydrogens is 172 g/mol. The molecule has 1 heterocycles. The predicted molar refractivity (Wildman–Crippen MR) is 46.6 cm³/mol. The van der Waals surface area contributed by atoms with Crippen molar-refractivity contribution in [2.75, 3.05) is 0 Å². The lowest BCUT2D eigenvalue weighted by molar-refractivity contribution is -0.137. The smallest absolute Gasteiger partial charge is 0.303 e. The highest BCUT2D eigenvalue weighted by molar-refractivity contribution is 5.66. The number of nitrogens with zero attached hydrogens (tertiary/aromatic N) is 1. The van der Waals surface area contributed by atoms with Gasteiger partial charge in [0.15, 0.2) is 0 Å². The Kier molecular flexibility index (Phi) is 2.89. The van der Waals surface area contributed by atoms with Gasteiger partial charge in [-0.1, -0.05) is 0 Å². The first-order valence-corrected chi connectivity index (χ1v) is 4.06. The van der Waals surface area contributed by atoms with Gasteiger partial charge in [-0.05, 0) is 12.8 Å². The summed E-state index contributed by atoms with van der Waals surface area (Å²) >= 11 is 0. The van der Waals surface area contributed by atoms with E-state index in [-0.39, 0.29) is 12.0 Å². The normalized spacial score (nSPS) is 10.2. The molecule has 0 aliphatic heterocycles. The van der Waals surface area contributed by atoms with Crippen LogP contribution in [-0.4, -0.2) is 20.9 Å². The molecule has 5 heteroatoms. The van der Waals surface area contributed by atoms with Crippen LogP contribution < -0.4 is 5.56 Å². The van der Waals surface area contributed by atoms with Crippen LogP contribution >= 0.6 is 0 Å². The van der Waals surface area contributed by atoms with Crippen LogP contribution in [0, 0.1) is 0 Å². The van der Waals surface area contributed by atoms with Crippen LogP contribution in [-0.2, 0) is 18.3 Å². The summed E-state index contributed by atoms with van der Waals surface area (Å²) in [6, 6.07) is 1.49. The summed E-state index contributed by atoms with van der Waals surface area (Å²) in [7, 11) is 1.63. The molecule has 0 bridgehead atoms. The first-order chi connectivity index (χ1) is 6.09. The van der Waals surface area contributed by atoms with Crippen molar-refractivity contribution in [3.63, 3.8) is 0 Å². The maximum atomic E-state index is 11.0. The molecule has 1 rings (SSSR count). The second-order valence-electron chi connectivity index (χ2n) is 2.93. The lowest BCUT2D eigenvalue weighted by Crippen LogP contribution is -2.09. The Bertz CT molecular complexity index is 351. The lowest BCUT2D eigenvalue weighted by atomic mass is 10.2. The van der Waals surface area contributed by atoms with Crippen molar-refractivity contribution >= 4 is 5.97 Å². The van der Waals surface area contributed by atoms with E-state index in [9.17, 15) is 9.59 Å². The van der Waals surface area contributed by atoms with E-state index in [1.165, 1.54) is 10.7 Å². The maximum absolute atomic E-state index is 11.0. The highest BCUT2D eigenvalue weighted by atomic mass is 16.4. The van der Waals surface area contributed by atoms with Gasteiger partial charge in [-0.2, -0.15) is 0 Å². The molecule has 1 aromatic heterocycles. The standard InChI is InChI=1S/C8H12N2O3/c1-10-7(11)5-6(9-10)3-2-4-8(12)13/h5,9H,2-4H2,1H3,(H,12,13). The van der Waals surface area contributed by atoms with Gasteiger partial charge in [-0.15, -0.1) is 0 Å². The van der Waals surface area contributed by atoms with E-state index in [2.05, 4.69) is 5.10 Å². The van der Waals surface area contributed by atoms with E-state index in [4.69, 9.17) is 5.11 Å². The molecule has 0 fully saturated rings. The van der Waals surface area contributed by atoms with E-state index in [1.807, 2.05) is 0 Å². The van der Waals surface area contributed by atoms with Crippen LogP contribution in [0.2, 0.25) is 0 Å². The molecular formula is C8H12N2O3. The zero-order chi connectivity index (χ0) is 9.84. The van der Waals surface area contributed by atoms with Gasteiger partial charge in [0.25, 0.3) is 5.56 Å². The molecule has 13 heavy (non-hydrogen) atoms. The van der Waals surface area contributed by atoms with Crippen molar-refractivity contribution in [1.29, 1.82) is 0 Å². The Balaban J connectivity index is 2.46. The fourth-order valence-electron chi connectivity index (χ4n) is 1.11. The summed E-state index contributed by atoms with van der Waals surface area (Å²) in [5.74, 6) is -0.807. The number of aromatic nitrogens is 2. The Morgan fingerprint density at radius 2 is 2.38 bits per heavy atom. The topological polar surface area (TPSA) is 75.1 Å². The maximum Gasteiger partial charge on any atom is 0.303 e. The van der Waals surface area contributed by atoms with Gasteiger partial charge in [0, 0.05) is 25.2 Å². The largest absolute Gasteiger partial charge is 0.481 e. The fraction of sp³-hybridized carbons (Fsp3) is 0.500. The molecule has 0 aliphatic carbocycles. The molecule has 0 atom stereocenters. The molecule has 72 valence electrons. The van der Waals surface area contributed by atoms with Crippen LogP contribution in [0.15, 0.2) is 10.9 Å². The van der Waals surface area contributed by atoms with E-state index >= 15 is 0 Å². The number of rotatable bonds is 4. The van der Waals surface area contributed by atoms with Crippen molar-refractivity contribution in [3.05, 3.63) is 22.1 Å².